The fourth-order valence-electron chi connectivity index (χ4n) is 3.15. The van der Waals surface area contributed by atoms with Crippen molar-refractivity contribution in [2.24, 2.45) is 4.99 Å². The van der Waals surface area contributed by atoms with Crippen molar-refractivity contribution in [3.63, 3.8) is 0 Å². The molecule has 0 amide bonds. The van der Waals surface area contributed by atoms with E-state index in [0.29, 0.717) is 6.10 Å². The second-order valence-corrected chi connectivity index (χ2v) is 6.67. The molecule has 2 heterocycles. The summed E-state index contributed by atoms with van der Waals surface area (Å²) >= 11 is 0. The summed E-state index contributed by atoms with van der Waals surface area (Å²) in [6.07, 6.45) is 2.27. The molecule has 0 saturated carbocycles. The number of guanidine groups is 1. The van der Waals surface area contributed by atoms with Crippen LogP contribution in [0.25, 0.3) is 0 Å². The van der Waals surface area contributed by atoms with Crippen molar-refractivity contribution < 1.29 is 9.47 Å². The minimum Gasteiger partial charge on any atom is -0.379 e. The summed E-state index contributed by atoms with van der Waals surface area (Å²) in [5.74, 6) is 0.916. The Morgan fingerprint density at radius 2 is 1.96 bits per heavy atom. The van der Waals surface area contributed by atoms with Crippen LogP contribution in [0, 0.1) is 0 Å². The lowest BCUT2D eigenvalue weighted by Gasteiger charge is -2.34. The summed E-state index contributed by atoms with van der Waals surface area (Å²) in [6, 6.07) is 0. The molecule has 1 atom stereocenters. The van der Waals surface area contributed by atoms with Crippen molar-refractivity contribution in [2.75, 3.05) is 78.7 Å². The van der Waals surface area contributed by atoms with Gasteiger partial charge in [0.15, 0.2) is 5.96 Å². The molecule has 1 unspecified atom stereocenters. The molecule has 0 bridgehead atoms. The molecular weight excluding hydrogens is 318 g/mol. The molecular formula is C18H37N5O2. The average Bonchev–Trinajstić information content (AvgIpc) is 3.15. The Morgan fingerprint density at radius 3 is 2.64 bits per heavy atom. The Kier molecular flexibility index (Phi) is 10.2. The van der Waals surface area contributed by atoms with Crippen LogP contribution >= 0.6 is 0 Å². The number of piperazine rings is 1. The molecule has 0 aromatic carbocycles. The van der Waals surface area contributed by atoms with E-state index >= 15 is 0 Å². The maximum absolute atomic E-state index is 5.78. The van der Waals surface area contributed by atoms with Crippen LogP contribution in [0.2, 0.25) is 0 Å². The van der Waals surface area contributed by atoms with Crippen LogP contribution in [0.5, 0.6) is 0 Å². The molecule has 2 aliphatic rings. The van der Waals surface area contributed by atoms with E-state index in [0.717, 1.165) is 64.8 Å². The second kappa shape index (κ2) is 12.5. The van der Waals surface area contributed by atoms with Crippen molar-refractivity contribution >= 4 is 5.96 Å². The lowest BCUT2D eigenvalue weighted by atomic mass is 10.3. The van der Waals surface area contributed by atoms with Crippen LogP contribution in [-0.4, -0.2) is 101 Å². The van der Waals surface area contributed by atoms with Crippen molar-refractivity contribution in [1.29, 1.82) is 0 Å². The van der Waals surface area contributed by atoms with Gasteiger partial charge in [-0.15, -0.1) is 0 Å². The predicted molar refractivity (Wildman–Crippen MR) is 102 cm³/mol. The van der Waals surface area contributed by atoms with Crippen molar-refractivity contribution in [2.45, 2.75) is 32.8 Å². The lowest BCUT2D eigenvalue weighted by molar-refractivity contribution is 0.0424. The number of rotatable bonds is 10. The number of hydrogen-bond acceptors (Lipinski definition) is 5. The van der Waals surface area contributed by atoms with Crippen molar-refractivity contribution in [3.05, 3.63) is 0 Å². The van der Waals surface area contributed by atoms with E-state index in [4.69, 9.17) is 9.47 Å². The van der Waals surface area contributed by atoms with E-state index < -0.39 is 0 Å². The molecule has 2 saturated heterocycles. The highest BCUT2D eigenvalue weighted by Gasteiger charge is 2.16. The molecule has 0 aliphatic carbocycles. The molecule has 146 valence electrons. The molecule has 7 nitrogen and oxygen atoms in total. The standard InChI is InChI=1S/C18H37N5O2/c1-3-19-18(20-7-5-14-25-17-6-15-24-16-17)21-8-9-23-12-10-22(4-2)11-13-23/h17H,3-16H2,1-2H3,(H2,19,20,21). The number of hydrogen-bond donors (Lipinski definition) is 2. The van der Waals surface area contributed by atoms with Gasteiger partial charge in [-0.1, -0.05) is 6.92 Å². The summed E-state index contributed by atoms with van der Waals surface area (Å²) in [7, 11) is 0. The van der Waals surface area contributed by atoms with Gasteiger partial charge in [0, 0.05) is 65.6 Å². The molecule has 0 spiro atoms. The fraction of sp³-hybridized carbons (Fsp3) is 0.944. The van der Waals surface area contributed by atoms with Crippen LogP contribution in [0.3, 0.4) is 0 Å². The van der Waals surface area contributed by atoms with Crippen LogP contribution < -0.4 is 10.6 Å². The smallest absolute Gasteiger partial charge is 0.191 e. The minimum atomic E-state index is 0.295. The van der Waals surface area contributed by atoms with Crippen LogP contribution in [0.15, 0.2) is 4.99 Å². The SMILES string of the molecule is CCNC(=NCCCOC1CCOC1)NCCN1CCN(CC)CC1. The zero-order valence-corrected chi connectivity index (χ0v) is 16.1. The summed E-state index contributed by atoms with van der Waals surface area (Å²) in [4.78, 5) is 9.68. The van der Waals surface area contributed by atoms with E-state index in [2.05, 4.69) is 39.3 Å². The second-order valence-electron chi connectivity index (χ2n) is 6.67. The first kappa shape index (κ1) is 20.4. The van der Waals surface area contributed by atoms with Crippen LogP contribution in [0.4, 0.5) is 0 Å². The maximum atomic E-state index is 5.78. The molecule has 0 aromatic rings. The number of nitrogens with zero attached hydrogens (tertiary/aromatic N) is 3. The fourth-order valence-corrected chi connectivity index (χ4v) is 3.15. The van der Waals surface area contributed by atoms with E-state index in [1.807, 2.05) is 0 Å². The van der Waals surface area contributed by atoms with Gasteiger partial charge < -0.3 is 25.0 Å². The number of ether oxygens (including phenoxy) is 2. The van der Waals surface area contributed by atoms with E-state index in [9.17, 15) is 0 Å². The third-order valence-electron chi connectivity index (χ3n) is 4.79. The van der Waals surface area contributed by atoms with Gasteiger partial charge in [0.1, 0.15) is 0 Å². The first-order chi connectivity index (χ1) is 12.3. The first-order valence-electron chi connectivity index (χ1n) is 9.98. The summed E-state index contributed by atoms with van der Waals surface area (Å²) < 4.78 is 11.1. The Labute approximate surface area is 153 Å². The van der Waals surface area contributed by atoms with Gasteiger partial charge in [0.25, 0.3) is 0 Å². The molecule has 2 fully saturated rings. The molecule has 2 rings (SSSR count). The zero-order chi connectivity index (χ0) is 17.7. The van der Waals surface area contributed by atoms with Gasteiger partial charge in [-0.3, -0.25) is 9.89 Å². The van der Waals surface area contributed by atoms with Crippen molar-refractivity contribution in [3.8, 4) is 0 Å². The summed E-state index contributed by atoms with van der Waals surface area (Å²) in [6.45, 7) is 16.3. The zero-order valence-electron chi connectivity index (χ0n) is 16.1. The Balaban J connectivity index is 1.55. The summed E-state index contributed by atoms with van der Waals surface area (Å²) in [5, 5.41) is 6.77. The van der Waals surface area contributed by atoms with Crippen LogP contribution in [-0.2, 0) is 9.47 Å². The van der Waals surface area contributed by atoms with Crippen molar-refractivity contribution in [1.82, 2.24) is 20.4 Å². The quantitative estimate of drug-likeness (QED) is 0.336. The lowest BCUT2D eigenvalue weighted by Crippen LogP contribution is -2.49. The van der Waals surface area contributed by atoms with E-state index in [-0.39, 0.29) is 0 Å². The number of nitrogens with one attached hydrogen (secondary N) is 2. The monoisotopic (exact) mass is 355 g/mol. The minimum absolute atomic E-state index is 0.295. The highest BCUT2D eigenvalue weighted by molar-refractivity contribution is 5.79. The summed E-state index contributed by atoms with van der Waals surface area (Å²) in [5.41, 5.74) is 0. The molecule has 0 aromatic heterocycles. The van der Waals surface area contributed by atoms with E-state index in [1.165, 1.54) is 32.7 Å². The number of aliphatic imine (C=N–C) groups is 1. The predicted octanol–water partition coefficient (Wildman–Crippen LogP) is 0.375. The Morgan fingerprint density at radius 1 is 1.16 bits per heavy atom. The van der Waals surface area contributed by atoms with E-state index in [1.54, 1.807) is 0 Å². The third kappa shape index (κ3) is 8.35. The molecule has 0 radical (unpaired) electrons. The Hall–Kier alpha value is -0.890. The van der Waals surface area contributed by atoms with Gasteiger partial charge in [0.2, 0.25) is 0 Å². The highest BCUT2D eigenvalue weighted by atomic mass is 16.5. The van der Waals surface area contributed by atoms with Gasteiger partial charge in [0.05, 0.1) is 12.7 Å². The third-order valence-corrected chi connectivity index (χ3v) is 4.79. The van der Waals surface area contributed by atoms with Gasteiger partial charge in [-0.2, -0.15) is 0 Å². The molecule has 2 aliphatic heterocycles. The first-order valence-corrected chi connectivity index (χ1v) is 9.98. The molecule has 25 heavy (non-hydrogen) atoms. The van der Waals surface area contributed by atoms with Crippen LogP contribution in [0.1, 0.15) is 26.7 Å². The molecule has 2 N–H and O–H groups in total. The topological polar surface area (TPSA) is 61.4 Å². The molecule has 7 heteroatoms. The number of likely N-dealkylation sites (N-methyl/N-ethyl adjacent to an activating group) is 1. The normalized spacial score (nSPS) is 23.1. The van der Waals surface area contributed by atoms with Gasteiger partial charge in [-0.05, 0) is 26.3 Å². The van der Waals surface area contributed by atoms with Gasteiger partial charge in [-0.25, -0.2) is 0 Å². The van der Waals surface area contributed by atoms with Gasteiger partial charge >= 0.3 is 0 Å². The average molecular weight is 356 g/mol. The Bertz CT molecular complexity index is 366. The maximum Gasteiger partial charge on any atom is 0.191 e. The largest absolute Gasteiger partial charge is 0.379 e. The highest BCUT2D eigenvalue weighted by Crippen LogP contribution is 2.08.